The summed E-state index contributed by atoms with van der Waals surface area (Å²) in [5, 5.41) is 1.76. The average Bonchev–Trinajstić information content (AvgIpc) is 2.15. The van der Waals surface area contributed by atoms with Crippen molar-refractivity contribution in [3.8, 4) is 0 Å². The smallest absolute Gasteiger partial charge is 0.166 e. The van der Waals surface area contributed by atoms with Crippen molar-refractivity contribution >= 4 is 22.4 Å². The van der Waals surface area contributed by atoms with E-state index in [1.807, 2.05) is 0 Å². The van der Waals surface area contributed by atoms with Crippen LogP contribution in [0, 0.1) is 0 Å². The van der Waals surface area contributed by atoms with E-state index >= 15 is 0 Å². The van der Waals surface area contributed by atoms with Crippen LogP contribution in [0.25, 0.3) is 10.8 Å². The van der Waals surface area contributed by atoms with E-state index in [1.54, 1.807) is 18.2 Å². The first kappa shape index (κ1) is 10.3. The molecular weight excluding hydrogens is 225 g/mol. The van der Waals surface area contributed by atoms with Crippen molar-refractivity contribution in [1.29, 1.82) is 0 Å². The summed E-state index contributed by atoms with van der Waals surface area (Å²) in [4.78, 5) is 0. The zero-order valence-electron chi connectivity index (χ0n) is 7.48. The molecule has 0 radical (unpaired) electrons. The summed E-state index contributed by atoms with van der Waals surface area (Å²) in [5.41, 5.74) is -0.641. The quantitative estimate of drug-likeness (QED) is 0.625. The van der Waals surface area contributed by atoms with Crippen LogP contribution >= 0.6 is 11.6 Å². The molecule has 0 aliphatic heterocycles. The van der Waals surface area contributed by atoms with Gasteiger partial charge >= 0.3 is 6.18 Å². The van der Waals surface area contributed by atoms with E-state index in [9.17, 15) is 13.2 Å². The van der Waals surface area contributed by atoms with E-state index in [0.717, 1.165) is 12.1 Å². The minimum Gasteiger partial charge on any atom is -0.166 e. The second kappa shape index (κ2) is 3.42. The maximum atomic E-state index is 12.4. The Morgan fingerprint density at radius 2 is 1.47 bits per heavy atom. The van der Waals surface area contributed by atoms with Gasteiger partial charge in [0.15, 0.2) is 0 Å². The minimum atomic E-state index is -4.30. The lowest BCUT2D eigenvalue weighted by atomic mass is 10.1. The molecule has 0 nitrogen and oxygen atoms in total. The summed E-state index contributed by atoms with van der Waals surface area (Å²) < 4.78 is 37.1. The van der Waals surface area contributed by atoms with Gasteiger partial charge in [0, 0.05) is 5.02 Å². The number of hydrogen-bond acceptors (Lipinski definition) is 0. The van der Waals surface area contributed by atoms with E-state index in [-0.39, 0.29) is 0 Å². The maximum absolute atomic E-state index is 12.4. The summed E-state index contributed by atoms with van der Waals surface area (Å²) in [5.74, 6) is 0. The zero-order chi connectivity index (χ0) is 11.1. The second-order valence-corrected chi connectivity index (χ2v) is 3.64. The van der Waals surface area contributed by atoms with Gasteiger partial charge in [0.2, 0.25) is 0 Å². The van der Waals surface area contributed by atoms with E-state index < -0.39 is 11.7 Å². The Morgan fingerprint density at radius 3 is 2.13 bits per heavy atom. The van der Waals surface area contributed by atoms with Crippen molar-refractivity contribution in [2.75, 3.05) is 0 Å². The highest BCUT2D eigenvalue weighted by Crippen LogP contribution is 2.31. The predicted octanol–water partition coefficient (Wildman–Crippen LogP) is 4.51. The van der Waals surface area contributed by atoms with E-state index in [1.165, 1.54) is 6.07 Å². The Balaban J connectivity index is 2.62. The number of hydrogen-bond donors (Lipinski definition) is 0. The first-order valence-corrected chi connectivity index (χ1v) is 4.61. The van der Waals surface area contributed by atoms with Crippen molar-refractivity contribution < 1.29 is 13.2 Å². The van der Waals surface area contributed by atoms with E-state index in [2.05, 4.69) is 0 Å². The molecule has 2 aromatic carbocycles. The average molecular weight is 231 g/mol. The molecule has 15 heavy (non-hydrogen) atoms. The monoisotopic (exact) mass is 230 g/mol. The van der Waals surface area contributed by atoms with Crippen LogP contribution in [0.1, 0.15) is 5.56 Å². The lowest BCUT2D eigenvalue weighted by molar-refractivity contribution is -0.137. The summed E-state index contributed by atoms with van der Waals surface area (Å²) in [6.07, 6.45) is -4.30. The summed E-state index contributed by atoms with van der Waals surface area (Å²) in [7, 11) is 0. The fraction of sp³-hybridized carbons (Fsp3) is 0.0909. The van der Waals surface area contributed by atoms with Crippen LogP contribution in [0.4, 0.5) is 13.2 Å². The molecule has 0 aromatic heterocycles. The number of halogens is 4. The summed E-state index contributed by atoms with van der Waals surface area (Å²) >= 11 is 5.73. The number of fused-ring (bicyclic) bond motifs is 1. The zero-order valence-corrected chi connectivity index (χ0v) is 8.23. The standard InChI is InChI=1S/C11H6ClF3/c12-10-4-2-7-5-9(11(13,14)15)3-1-8(7)6-10/h1-6H. The van der Waals surface area contributed by atoms with Crippen LogP contribution in [0.15, 0.2) is 36.4 Å². The normalized spacial score (nSPS) is 12.0. The molecule has 0 saturated heterocycles. The van der Waals surface area contributed by atoms with Gasteiger partial charge in [-0.25, -0.2) is 0 Å². The van der Waals surface area contributed by atoms with Gasteiger partial charge in [-0.3, -0.25) is 0 Å². The number of benzene rings is 2. The van der Waals surface area contributed by atoms with Crippen LogP contribution < -0.4 is 0 Å². The molecule has 0 saturated carbocycles. The van der Waals surface area contributed by atoms with Gasteiger partial charge in [0.1, 0.15) is 0 Å². The lowest BCUT2D eigenvalue weighted by Crippen LogP contribution is -2.04. The Labute approximate surface area is 89.3 Å². The first-order chi connectivity index (χ1) is 6.97. The fourth-order valence-electron chi connectivity index (χ4n) is 1.39. The van der Waals surface area contributed by atoms with Gasteiger partial charge in [-0.2, -0.15) is 13.2 Å². The number of alkyl halides is 3. The topological polar surface area (TPSA) is 0 Å². The van der Waals surface area contributed by atoms with Gasteiger partial charge in [0.25, 0.3) is 0 Å². The number of rotatable bonds is 0. The third-order valence-electron chi connectivity index (χ3n) is 2.13. The van der Waals surface area contributed by atoms with Crippen LogP contribution in [0.3, 0.4) is 0 Å². The molecule has 78 valence electrons. The van der Waals surface area contributed by atoms with Crippen LogP contribution in [-0.4, -0.2) is 0 Å². The maximum Gasteiger partial charge on any atom is 0.416 e. The highest BCUT2D eigenvalue weighted by atomic mass is 35.5. The van der Waals surface area contributed by atoms with Gasteiger partial charge < -0.3 is 0 Å². The molecule has 0 unspecified atom stereocenters. The van der Waals surface area contributed by atoms with Crippen molar-refractivity contribution in [3.63, 3.8) is 0 Å². The molecule has 2 aromatic rings. The minimum absolute atomic E-state index is 0.516. The second-order valence-electron chi connectivity index (χ2n) is 3.20. The van der Waals surface area contributed by atoms with Crippen molar-refractivity contribution in [3.05, 3.63) is 47.0 Å². The molecule has 0 amide bonds. The van der Waals surface area contributed by atoms with Gasteiger partial charge in [-0.05, 0) is 35.0 Å². The molecule has 0 aliphatic rings. The fourth-order valence-corrected chi connectivity index (χ4v) is 1.57. The molecular formula is C11H6ClF3. The molecule has 4 heteroatoms. The first-order valence-electron chi connectivity index (χ1n) is 4.23. The lowest BCUT2D eigenvalue weighted by Gasteiger charge is -2.07. The highest BCUT2D eigenvalue weighted by Gasteiger charge is 2.30. The predicted molar refractivity (Wildman–Crippen MR) is 54.0 cm³/mol. The van der Waals surface area contributed by atoms with Crippen LogP contribution in [0.5, 0.6) is 0 Å². The van der Waals surface area contributed by atoms with Crippen molar-refractivity contribution in [2.45, 2.75) is 6.18 Å². The molecule has 0 N–H and O–H groups in total. The third kappa shape index (κ3) is 2.07. The van der Waals surface area contributed by atoms with Crippen LogP contribution in [0.2, 0.25) is 5.02 Å². The van der Waals surface area contributed by atoms with E-state index in [0.29, 0.717) is 15.8 Å². The molecule has 0 heterocycles. The molecule has 0 aliphatic carbocycles. The summed E-state index contributed by atoms with van der Waals surface area (Å²) in [6, 6.07) is 8.38. The largest absolute Gasteiger partial charge is 0.416 e. The molecule has 0 fully saturated rings. The van der Waals surface area contributed by atoms with Gasteiger partial charge in [0.05, 0.1) is 5.56 Å². The van der Waals surface area contributed by atoms with Crippen molar-refractivity contribution in [2.24, 2.45) is 0 Å². The SMILES string of the molecule is FC(F)(F)c1ccc2cc(Cl)ccc2c1. The summed E-state index contributed by atoms with van der Waals surface area (Å²) in [6.45, 7) is 0. The van der Waals surface area contributed by atoms with Crippen LogP contribution in [-0.2, 0) is 6.18 Å². The van der Waals surface area contributed by atoms with Crippen molar-refractivity contribution in [1.82, 2.24) is 0 Å². The third-order valence-corrected chi connectivity index (χ3v) is 2.36. The Kier molecular flexibility index (Phi) is 2.35. The van der Waals surface area contributed by atoms with Gasteiger partial charge in [-0.1, -0.05) is 23.7 Å². The van der Waals surface area contributed by atoms with Gasteiger partial charge in [-0.15, -0.1) is 0 Å². The van der Waals surface area contributed by atoms with E-state index in [4.69, 9.17) is 11.6 Å². The molecule has 0 bridgehead atoms. The Morgan fingerprint density at radius 1 is 0.867 bits per heavy atom. The molecule has 0 atom stereocenters. The Hall–Kier alpha value is -1.22. The highest BCUT2D eigenvalue weighted by molar-refractivity contribution is 6.31. The molecule has 2 rings (SSSR count). The molecule has 0 spiro atoms. The Bertz CT molecular complexity index is 503.